The molecule has 0 N–H and O–H groups in total. The molecule has 0 fully saturated rings. The summed E-state index contributed by atoms with van der Waals surface area (Å²) in [7, 11) is 0. The van der Waals surface area contributed by atoms with Crippen LogP contribution in [0.3, 0.4) is 0 Å². The first-order valence-corrected chi connectivity index (χ1v) is 17.5. The Morgan fingerprint density at radius 1 is 0.453 bits per heavy atom. The Hall–Kier alpha value is -7.40. The van der Waals surface area contributed by atoms with E-state index in [-0.39, 0.29) is 0 Å². The summed E-state index contributed by atoms with van der Waals surface area (Å²) in [5, 5.41) is 9.50. The van der Waals surface area contributed by atoms with Gasteiger partial charge in [-0.1, -0.05) is 121 Å². The van der Waals surface area contributed by atoms with Crippen molar-refractivity contribution in [3.63, 3.8) is 0 Å². The first-order valence-electron chi connectivity index (χ1n) is 17.5. The first kappa shape index (κ1) is 31.6. The van der Waals surface area contributed by atoms with E-state index in [1.54, 1.807) is 12.4 Å². The third kappa shape index (κ3) is 5.38. The number of hydrogen-bond donors (Lipinski definition) is 0. The van der Waals surface area contributed by atoms with Gasteiger partial charge in [0.1, 0.15) is 6.07 Å². The maximum absolute atomic E-state index is 9.50. The van der Waals surface area contributed by atoms with Crippen molar-refractivity contribution in [1.82, 2.24) is 9.97 Å². The molecule has 0 spiro atoms. The van der Waals surface area contributed by atoms with E-state index in [1.165, 1.54) is 33.4 Å². The Bertz CT molecular complexity index is 2560. The predicted octanol–water partition coefficient (Wildman–Crippen LogP) is 11.9. The van der Waals surface area contributed by atoms with Crippen LogP contribution in [0.15, 0.2) is 183 Å². The van der Waals surface area contributed by atoms with E-state index in [4.69, 9.17) is 6.57 Å². The molecule has 2 aromatic heterocycles. The minimum absolute atomic E-state index is 0.523. The van der Waals surface area contributed by atoms with Gasteiger partial charge in [0.15, 0.2) is 0 Å². The summed E-state index contributed by atoms with van der Waals surface area (Å²) < 4.78 is 0. The fourth-order valence-electron chi connectivity index (χ4n) is 7.91. The average molecular weight is 675 g/mol. The summed E-state index contributed by atoms with van der Waals surface area (Å²) in [5.41, 5.74) is 16.0. The Kier molecular flexibility index (Phi) is 7.77. The summed E-state index contributed by atoms with van der Waals surface area (Å²) in [5.74, 6) is 0. The van der Waals surface area contributed by atoms with E-state index in [1.807, 2.05) is 24.5 Å². The molecule has 0 saturated heterocycles. The monoisotopic (exact) mass is 674 g/mol. The van der Waals surface area contributed by atoms with Crippen LogP contribution in [-0.4, -0.2) is 9.97 Å². The van der Waals surface area contributed by atoms with Crippen molar-refractivity contribution in [3.05, 3.63) is 222 Å². The van der Waals surface area contributed by atoms with Crippen LogP contribution in [0, 0.1) is 17.9 Å². The lowest BCUT2D eigenvalue weighted by Gasteiger charge is -2.34. The molecule has 1 aliphatic rings. The molecule has 53 heavy (non-hydrogen) atoms. The van der Waals surface area contributed by atoms with E-state index < -0.39 is 5.41 Å². The van der Waals surface area contributed by atoms with Crippen LogP contribution < -0.4 is 0 Å². The highest BCUT2D eigenvalue weighted by molar-refractivity contribution is 5.91. The molecule has 0 radical (unpaired) electrons. The number of aromatic nitrogens is 2. The van der Waals surface area contributed by atoms with Crippen LogP contribution in [0.4, 0.5) is 5.69 Å². The minimum atomic E-state index is -0.590. The largest absolute Gasteiger partial charge is 0.276 e. The lowest BCUT2D eigenvalue weighted by Crippen LogP contribution is -2.28. The van der Waals surface area contributed by atoms with Crippen LogP contribution in [0.1, 0.15) is 27.8 Å². The number of fused-ring (bicyclic) bond motifs is 3. The normalized spacial score (nSPS) is 12.3. The Morgan fingerprint density at radius 3 is 1.43 bits per heavy atom. The molecule has 6 aromatic carbocycles. The highest BCUT2D eigenvalue weighted by Gasteiger charge is 2.46. The van der Waals surface area contributed by atoms with E-state index in [0.717, 1.165) is 44.5 Å². The predicted molar refractivity (Wildman–Crippen MR) is 212 cm³/mol. The fourth-order valence-corrected chi connectivity index (χ4v) is 7.91. The standard InChI is InChI=1S/C49H30N4/c1-51-44-25-41(31-53-32-44)37-13-9-11-35(24-37)39-19-21-46-45-20-18-38(34-10-8-12-36(23-34)40-22-33(28-50)29-52-30-40)26-47(45)49(48(46)27-39,42-14-4-2-5-15-42)43-16-6-3-7-17-43/h2-27,29-32H. The third-order valence-electron chi connectivity index (χ3n) is 10.3. The summed E-state index contributed by atoms with van der Waals surface area (Å²) >= 11 is 0. The number of pyridine rings is 2. The quantitative estimate of drug-likeness (QED) is 0.165. The molecular formula is C49H30N4. The van der Waals surface area contributed by atoms with Gasteiger partial charge >= 0.3 is 0 Å². The fraction of sp³-hybridized carbons (Fsp3) is 0.0204. The molecule has 9 rings (SSSR count). The van der Waals surface area contributed by atoms with Gasteiger partial charge in [0, 0.05) is 30.4 Å². The molecule has 4 heteroatoms. The molecule has 246 valence electrons. The molecule has 0 amide bonds. The van der Waals surface area contributed by atoms with Crippen LogP contribution in [0.5, 0.6) is 0 Å². The summed E-state index contributed by atoms with van der Waals surface area (Å²) in [6.07, 6.45) is 6.81. The molecule has 0 atom stereocenters. The maximum atomic E-state index is 9.50. The molecule has 4 nitrogen and oxygen atoms in total. The number of rotatable bonds is 6. The van der Waals surface area contributed by atoms with Gasteiger partial charge in [-0.2, -0.15) is 5.26 Å². The molecule has 0 unspecified atom stereocenters. The molecule has 8 aromatic rings. The van der Waals surface area contributed by atoms with Crippen molar-refractivity contribution >= 4 is 5.69 Å². The molecule has 0 aliphatic heterocycles. The van der Waals surface area contributed by atoms with Crippen molar-refractivity contribution < 1.29 is 0 Å². The van der Waals surface area contributed by atoms with Gasteiger partial charge in [-0.25, -0.2) is 4.85 Å². The summed E-state index contributed by atoms with van der Waals surface area (Å²) in [6.45, 7) is 7.48. The minimum Gasteiger partial charge on any atom is -0.276 e. The van der Waals surface area contributed by atoms with E-state index >= 15 is 0 Å². The average Bonchev–Trinajstić information content (AvgIpc) is 3.54. The van der Waals surface area contributed by atoms with Crippen molar-refractivity contribution in [2.45, 2.75) is 5.41 Å². The highest BCUT2D eigenvalue weighted by Crippen LogP contribution is 2.57. The number of nitriles is 1. The van der Waals surface area contributed by atoms with E-state index in [0.29, 0.717) is 11.3 Å². The second-order valence-corrected chi connectivity index (χ2v) is 13.3. The number of benzene rings is 6. The molecule has 0 saturated carbocycles. The zero-order chi connectivity index (χ0) is 35.8. The lowest BCUT2D eigenvalue weighted by molar-refractivity contribution is 0.769. The zero-order valence-electron chi connectivity index (χ0n) is 28.6. The van der Waals surface area contributed by atoms with Crippen molar-refractivity contribution in [3.8, 4) is 61.7 Å². The molecule has 1 aliphatic carbocycles. The van der Waals surface area contributed by atoms with Crippen molar-refractivity contribution in [2.24, 2.45) is 0 Å². The van der Waals surface area contributed by atoms with Gasteiger partial charge in [0.2, 0.25) is 5.69 Å². The topological polar surface area (TPSA) is 53.9 Å². The van der Waals surface area contributed by atoms with Gasteiger partial charge in [-0.05, 0) is 109 Å². The van der Waals surface area contributed by atoms with Gasteiger partial charge in [-0.3, -0.25) is 9.97 Å². The summed E-state index contributed by atoms with van der Waals surface area (Å²) in [6, 6.07) is 58.4. The van der Waals surface area contributed by atoms with Crippen LogP contribution in [0.25, 0.3) is 60.5 Å². The van der Waals surface area contributed by atoms with Gasteiger partial charge in [0.05, 0.1) is 17.6 Å². The van der Waals surface area contributed by atoms with Gasteiger partial charge < -0.3 is 0 Å². The zero-order valence-corrected chi connectivity index (χ0v) is 28.6. The van der Waals surface area contributed by atoms with Crippen LogP contribution >= 0.6 is 0 Å². The molecule has 0 bridgehead atoms. The van der Waals surface area contributed by atoms with Crippen molar-refractivity contribution in [2.75, 3.05) is 0 Å². The third-order valence-corrected chi connectivity index (χ3v) is 10.3. The van der Waals surface area contributed by atoms with Gasteiger partial charge in [0.25, 0.3) is 0 Å². The van der Waals surface area contributed by atoms with Crippen molar-refractivity contribution in [1.29, 1.82) is 5.26 Å². The molecular weight excluding hydrogens is 645 g/mol. The second-order valence-electron chi connectivity index (χ2n) is 13.3. The number of hydrogen-bond acceptors (Lipinski definition) is 3. The first-order chi connectivity index (χ1) is 26.1. The van der Waals surface area contributed by atoms with Crippen LogP contribution in [0.2, 0.25) is 0 Å². The summed E-state index contributed by atoms with van der Waals surface area (Å²) in [4.78, 5) is 12.2. The molecule has 2 heterocycles. The van der Waals surface area contributed by atoms with Gasteiger partial charge in [-0.15, -0.1) is 0 Å². The van der Waals surface area contributed by atoms with Crippen LogP contribution in [-0.2, 0) is 5.41 Å². The maximum Gasteiger partial charge on any atom is 0.205 e. The van der Waals surface area contributed by atoms with E-state index in [9.17, 15) is 5.26 Å². The van der Waals surface area contributed by atoms with E-state index in [2.05, 4.69) is 166 Å². The Balaban J connectivity index is 1.25. The second kappa shape index (κ2) is 13.1. The number of nitrogens with zero attached hydrogens (tertiary/aromatic N) is 4. The lowest BCUT2D eigenvalue weighted by atomic mass is 9.67. The SMILES string of the molecule is [C-]#[N+]c1cncc(-c2cccc(-c3ccc4c(c3)C(c3ccccc3)(c3ccccc3)c3cc(-c5cccc(-c6cncc(C#N)c6)c5)ccc3-4)c2)c1. The Morgan fingerprint density at radius 2 is 0.925 bits per heavy atom. The smallest absolute Gasteiger partial charge is 0.205 e. The Labute approximate surface area is 308 Å². The highest BCUT2D eigenvalue weighted by atomic mass is 14.7.